The van der Waals surface area contributed by atoms with Crippen molar-refractivity contribution in [2.24, 2.45) is 0 Å². The van der Waals surface area contributed by atoms with Gasteiger partial charge in [-0.25, -0.2) is 12.8 Å². The first-order valence-electron chi connectivity index (χ1n) is 7.29. The number of rotatable bonds is 5. The molecule has 0 aliphatic heterocycles. The molecule has 3 rings (SSSR count). The fourth-order valence-corrected chi connectivity index (χ4v) is 3.51. The van der Waals surface area contributed by atoms with Gasteiger partial charge in [0, 0.05) is 16.9 Å². The van der Waals surface area contributed by atoms with Crippen LogP contribution in [0.25, 0.3) is 11.3 Å². The Morgan fingerprint density at radius 2 is 1.88 bits per heavy atom. The molecule has 1 aromatic heterocycles. The fourth-order valence-electron chi connectivity index (χ4n) is 2.32. The van der Waals surface area contributed by atoms with E-state index in [1.165, 1.54) is 24.3 Å². The van der Waals surface area contributed by atoms with Crippen LogP contribution >= 0.6 is 0 Å². The van der Waals surface area contributed by atoms with Crippen molar-refractivity contribution in [3.05, 3.63) is 71.7 Å². The predicted octanol–water partition coefficient (Wildman–Crippen LogP) is 3.47. The number of hydrogen-bond acceptors (Lipinski definition) is 3. The van der Waals surface area contributed by atoms with Gasteiger partial charge >= 0.3 is 0 Å². The Morgan fingerprint density at radius 1 is 1.12 bits per heavy atom. The van der Waals surface area contributed by atoms with E-state index in [9.17, 15) is 12.8 Å². The number of nitrogens with one attached hydrogen (secondary N) is 2. The Morgan fingerprint density at radius 3 is 2.54 bits per heavy atom. The first-order valence-corrected chi connectivity index (χ1v) is 8.94. The summed E-state index contributed by atoms with van der Waals surface area (Å²) >= 11 is 0. The number of aromatic amines is 1. The van der Waals surface area contributed by atoms with Crippen molar-refractivity contribution in [2.45, 2.75) is 12.7 Å². The maximum atomic E-state index is 12.9. The second-order valence-electron chi connectivity index (χ2n) is 5.50. The molecule has 0 spiro atoms. The summed E-state index contributed by atoms with van der Waals surface area (Å²) in [6.45, 7) is 1.89. The Bertz CT molecular complexity index is 950. The molecule has 0 unspecified atom stereocenters. The average molecular weight is 345 g/mol. The molecule has 7 heteroatoms. The minimum Gasteiger partial charge on any atom is -0.283 e. The van der Waals surface area contributed by atoms with Gasteiger partial charge in [0.25, 0.3) is 0 Å². The highest BCUT2D eigenvalue weighted by atomic mass is 32.2. The summed E-state index contributed by atoms with van der Waals surface area (Å²) in [5.41, 5.74) is 3.44. The Kier molecular flexibility index (Phi) is 4.35. The van der Waals surface area contributed by atoms with Gasteiger partial charge in [-0.15, -0.1) is 0 Å². The summed E-state index contributed by atoms with van der Waals surface area (Å²) in [4.78, 5) is 0. The van der Waals surface area contributed by atoms with E-state index in [0.29, 0.717) is 11.3 Å². The zero-order chi connectivity index (χ0) is 17.2. The third-order valence-electron chi connectivity index (χ3n) is 3.41. The lowest BCUT2D eigenvalue weighted by atomic mass is 10.1. The van der Waals surface area contributed by atoms with Gasteiger partial charge < -0.3 is 0 Å². The predicted molar refractivity (Wildman–Crippen MR) is 91.4 cm³/mol. The SMILES string of the molecule is Cc1cc(-c2cccc(NS(=O)(=O)Cc3ccc(F)cc3)c2)n[nH]1. The lowest BCUT2D eigenvalue weighted by molar-refractivity contribution is 0.600. The van der Waals surface area contributed by atoms with E-state index in [-0.39, 0.29) is 5.75 Å². The molecular weight excluding hydrogens is 329 g/mol. The number of halogens is 1. The fraction of sp³-hybridized carbons (Fsp3) is 0.118. The molecule has 0 saturated heterocycles. The topological polar surface area (TPSA) is 74.8 Å². The molecule has 0 radical (unpaired) electrons. The van der Waals surface area contributed by atoms with Crippen LogP contribution in [-0.2, 0) is 15.8 Å². The van der Waals surface area contributed by atoms with Crippen LogP contribution in [0.5, 0.6) is 0 Å². The first kappa shape index (κ1) is 16.2. The number of aromatic nitrogens is 2. The molecule has 2 aromatic carbocycles. The molecule has 0 amide bonds. The van der Waals surface area contributed by atoms with Gasteiger partial charge in [0.05, 0.1) is 11.4 Å². The van der Waals surface area contributed by atoms with Crippen molar-refractivity contribution in [2.75, 3.05) is 4.72 Å². The standard InChI is InChI=1S/C17H16FN3O2S/c1-12-9-17(20-19-12)14-3-2-4-16(10-14)21-24(22,23)11-13-5-7-15(18)8-6-13/h2-10,21H,11H2,1H3,(H,19,20). The third-order valence-corrected chi connectivity index (χ3v) is 4.67. The summed E-state index contributed by atoms with van der Waals surface area (Å²) in [5, 5.41) is 7.01. The van der Waals surface area contributed by atoms with Crippen LogP contribution in [0.1, 0.15) is 11.3 Å². The second-order valence-corrected chi connectivity index (χ2v) is 7.23. The highest BCUT2D eigenvalue weighted by Crippen LogP contribution is 2.22. The van der Waals surface area contributed by atoms with E-state index >= 15 is 0 Å². The van der Waals surface area contributed by atoms with E-state index < -0.39 is 15.8 Å². The monoisotopic (exact) mass is 345 g/mol. The largest absolute Gasteiger partial charge is 0.283 e. The van der Waals surface area contributed by atoms with Crippen LogP contribution in [0.4, 0.5) is 10.1 Å². The van der Waals surface area contributed by atoms with Crippen LogP contribution in [0.15, 0.2) is 54.6 Å². The summed E-state index contributed by atoms with van der Waals surface area (Å²) in [5.74, 6) is -0.620. The lowest BCUT2D eigenvalue weighted by Gasteiger charge is -2.09. The van der Waals surface area contributed by atoms with Crippen molar-refractivity contribution in [1.29, 1.82) is 0 Å². The summed E-state index contributed by atoms with van der Waals surface area (Å²) in [7, 11) is -3.59. The smallest absolute Gasteiger partial charge is 0.236 e. The number of anilines is 1. The van der Waals surface area contributed by atoms with Crippen molar-refractivity contribution in [3.63, 3.8) is 0 Å². The average Bonchev–Trinajstić information content (AvgIpc) is 2.96. The first-order chi connectivity index (χ1) is 11.4. The number of nitrogens with zero attached hydrogens (tertiary/aromatic N) is 1. The quantitative estimate of drug-likeness (QED) is 0.743. The van der Waals surface area contributed by atoms with Crippen LogP contribution in [0.3, 0.4) is 0 Å². The molecular formula is C17H16FN3O2S. The molecule has 0 aliphatic rings. The number of H-pyrrole nitrogens is 1. The van der Waals surface area contributed by atoms with Gasteiger partial charge in [-0.3, -0.25) is 9.82 Å². The molecule has 1 heterocycles. The number of hydrogen-bond donors (Lipinski definition) is 2. The Labute approximate surface area is 139 Å². The van der Waals surface area contributed by atoms with Crippen LogP contribution < -0.4 is 4.72 Å². The van der Waals surface area contributed by atoms with Crippen molar-refractivity contribution >= 4 is 15.7 Å². The Hall–Kier alpha value is -2.67. The minimum absolute atomic E-state index is 0.223. The van der Waals surface area contributed by atoms with Crippen LogP contribution in [0.2, 0.25) is 0 Å². The Balaban J connectivity index is 1.78. The molecule has 0 fully saturated rings. The molecule has 0 atom stereocenters. The molecule has 5 nitrogen and oxygen atoms in total. The van der Waals surface area contributed by atoms with E-state index in [4.69, 9.17) is 0 Å². The summed E-state index contributed by atoms with van der Waals surface area (Å²) in [6, 6.07) is 14.3. The zero-order valence-corrected chi connectivity index (χ0v) is 13.8. The summed E-state index contributed by atoms with van der Waals surface area (Å²) < 4.78 is 40.0. The number of sulfonamides is 1. The molecule has 24 heavy (non-hydrogen) atoms. The molecule has 0 aliphatic carbocycles. The normalized spacial score (nSPS) is 11.4. The molecule has 2 N–H and O–H groups in total. The zero-order valence-electron chi connectivity index (χ0n) is 13.0. The van der Waals surface area contributed by atoms with E-state index in [1.807, 2.05) is 19.1 Å². The van der Waals surface area contributed by atoms with Gasteiger partial charge in [-0.1, -0.05) is 24.3 Å². The third kappa shape index (κ3) is 3.99. The molecule has 0 saturated carbocycles. The lowest BCUT2D eigenvalue weighted by Crippen LogP contribution is -2.15. The van der Waals surface area contributed by atoms with Gasteiger partial charge in [0.1, 0.15) is 5.82 Å². The number of aryl methyl sites for hydroxylation is 1. The molecule has 124 valence electrons. The molecule has 0 bridgehead atoms. The highest BCUT2D eigenvalue weighted by Gasteiger charge is 2.13. The maximum absolute atomic E-state index is 12.9. The van der Waals surface area contributed by atoms with Crippen LogP contribution in [0, 0.1) is 12.7 Å². The second kappa shape index (κ2) is 6.45. The van der Waals surface area contributed by atoms with Crippen molar-refractivity contribution in [3.8, 4) is 11.3 Å². The minimum atomic E-state index is -3.59. The van der Waals surface area contributed by atoms with E-state index in [1.54, 1.807) is 18.2 Å². The number of benzene rings is 2. The van der Waals surface area contributed by atoms with Gasteiger partial charge in [0.2, 0.25) is 10.0 Å². The van der Waals surface area contributed by atoms with E-state index in [2.05, 4.69) is 14.9 Å². The van der Waals surface area contributed by atoms with E-state index in [0.717, 1.165) is 17.0 Å². The van der Waals surface area contributed by atoms with Crippen molar-refractivity contribution in [1.82, 2.24) is 10.2 Å². The van der Waals surface area contributed by atoms with Crippen LogP contribution in [-0.4, -0.2) is 18.6 Å². The molecule has 3 aromatic rings. The van der Waals surface area contributed by atoms with Crippen molar-refractivity contribution < 1.29 is 12.8 Å². The maximum Gasteiger partial charge on any atom is 0.236 e. The summed E-state index contributed by atoms with van der Waals surface area (Å²) in [6.07, 6.45) is 0. The van der Waals surface area contributed by atoms with Gasteiger partial charge in [-0.05, 0) is 42.8 Å². The van der Waals surface area contributed by atoms with Gasteiger partial charge in [0.15, 0.2) is 0 Å². The van der Waals surface area contributed by atoms with Gasteiger partial charge in [-0.2, -0.15) is 5.10 Å². The highest BCUT2D eigenvalue weighted by molar-refractivity contribution is 7.91.